The SMILES string of the molecule is CCNC(C)c1ccc(N2CCC(N(C)C)CC2)c(F)c1. The van der Waals surface area contributed by atoms with Crippen molar-refractivity contribution >= 4 is 5.69 Å². The maximum absolute atomic E-state index is 14.4. The molecule has 1 N–H and O–H groups in total. The van der Waals surface area contributed by atoms with Crippen molar-refractivity contribution in [2.24, 2.45) is 0 Å². The monoisotopic (exact) mass is 293 g/mol. The normalized spacial score (nSPS) is 18.3. The minimum atomic E-state index is -0.0967. The van der Waals surface area contributed by atoms with Gasteiger partial charge in [-0.3, -0.25) is 0 Å². The van der Waals surface area contributed by atoms with E-state index in [1.165, 1.54) is 0 Å². The lowest BCUT2D eigenvalue weighted by atomic mass is 10.0. The molecule has 1 fully saturated rings. The fourth-order valence-corrected chi connectivity index (χ4v) is 3.10. The zero-order chi connectivity index (χ0) is 15.4. The lowest BCUT2D eigenvalue weighted by molar-refractivity contribution is 0.249. The molecular weight excluding hydrogens is 265 g/mol. The summed E-state index contributed by atoms with van der Waals surface area (Å²) >= 11 is 0. The van der Waals surface area contributed by atoms with Crippen LogP contribution in [0, 0.1) is 5.82 Å². The highest BCUT2D eigenvalue weighted by Crippen LogP contribution is 2.26. The number of hydrogen-bond donors (Lipinski definition) is 1. The van der Waals surface area contributed by atoms with E-state index in [4.69, 9.17) is 0 Å². The highest BCUT2D eigenvalue weighted by molar-refractivity contribution is 5.50. The molecule has 2 rings (SSSR count). The van der Waals surface area contributed by atoms with Crippen LogP contribution in [-0.4, -0.2) is 44.7 Å². The van der Waals surface area contributed by atoms with Crippen molar-refractivity contribution in [3.05, 3.63) is 29.6 Å². The lowest BCUT2D eigenvalue weighted by Crippen LogP contribution is -2.42. The summed E-state index contributed by atoms with van der Waals surface area (Å²) in [5.74, 6) is -0.0967. The van der Waals surface area contributed by atoms with E-state index in [1.807, 2.05) is 12.1 Å². The number of anilines is 1. The molecule has 0 radical (unpaired) electrons. The molecule has 0 bridgehead atoms. The van der Waals surface area contributed by atoms with Gasteiger partial charge in [-0.1, -0.05) is 13.0 Å². The summed E-state index contributed by atoms with van der Waals surface area (Å²) in [7, 11) is 4.25. The molecule has 1 heterocycles. The molecule has 1 unspecified atom stereocenters. The van der Waals surface area contributed by atoms with E-state index in [1.54, 1.807) is 6.07 Å². The number of halogens is 1. The summed E-state index contributed by atoms with van der Waals surface area (Å²) < 4.78 is 14.4. The highest BCUT2D eigenvalue weighted by atomic mass is 19.1. The van der Waals surface area contributed by atoms with Crippen LogP contribution in [0.3, 0.4) is 0 Å². The van der Waals surface area contributed by atoms with E-state index in [9.17, 15) is 4.39 Å². The zero-order valence-corrected chi connectivity index (χ0v) is 13.7. The molecule has 0 spiro atoms. The lowest BCUT2D eigenvalue weighted by Gasteiger charge is -2.36. The predicted molar refractivity (Wildman–Crippen MR) is 87.4 cm³/mol. The van der Waals surface area contributed by atoms with Gasteiger partial charge in [-0.25, -0.2) is 4.39 Å². The van der Waals surface area contributed by atoms with Crippen molar-refractivity contribution in [3.8, 4) is 0 Å². The number of nitrogens with one attached hydrogen (secondary N) is 1. The Morgan fingerprint density at radius 2 is 2.00 bits per heavy atom. The minimum absolute atomic E-state index is 0.0967. The molecular formula is C17H28FN3. The van der Waals surface area contributed by atoms with Crippen LogP contribution in [0.1, 0.15) is 38.3 Å². The first-order valence-electron chi connectivity index (χ1n) is 7.97. The van der Waals surface area contributed by atoms with Crippen LogP contribution in [0.15, 0.2) is 18.2 Å². The Bertz CT molecular complexity index is 453. The van der Waals surface area contributed by atoms with E-state index in [0.29, 0.717) is 6.04 Å². The largest absolute Gasteiger partial charge is 0.369 e. The second-order valence-corrected chi connectivity index (χ2v) is 6.17. The summed E-state index contributed by atoms with van der Waals surface area (Å²) in [5, 5.41) is 3.32. The van der Waals surface area contributed by atoms with Gasteiger partial charge in [0.2, 0.25) is 0 Å². The van der Waals surface area contributed by atoms with Crippen molar-refractivity contribution in [1.29, 1.82) is 0 Å². The third kappa shape index (κ3) is 3.95. The average Bonchev–Trinajstić information content (AvgIpc) is 2.47. The smallest absolute Gasteiger partial charge is 0.146 e. The molecule has 118 valence electrons. The first-order valence-corrected chi connectivity index (χ1v) is 7.97. The van der Waals surface area contributed by atoms with Crippen LogP contribution in [0.5, 0.6) is 0 Å². The first kappa shape index (κ1) is 16.2. The number of rotatable bonds is 5. The van der Waals surface area contributed by atoms with E-state index < -0.39 is 0 Å². The molecule has 21 heavy (non-hydrogen) atoms. The van der Waals surface area contributed by atoms with Crippen LogP contribution in [0.2, 0.25) is 0 Å². The maximum Gasteiger partial charge on any atom is 0.146 e. The van der Waals surface area contributed by atoms with Crippen LogP contribution in [-0.2, 0) is 0 Å². The summed E-state index contributed by atoms with van der Waals surface area (Å²) in [4.78, 5) is 4.45. The Labute approximate surface area is 128 Å². The van der Waals surface area contributed by atoms with Gasteiger partial charge in [0.25, 0.3) is 0 Å². The topological polar surface area (TPSA) is 18.5 Å². The van der Waals surface area contributed by atoms with Crippen LogP contribution < -0.4 is 10.2 Å². The van der Waals surface area contributed by atoms with Crippen molar-refractivity contribution < 1.29 is 4.39 Å². The first-order chi connectivity index (χ1) is 10.0. The number of piperidine rings is 1. The van der Waals surface area contributed by atoms with E-state index >= 15 is 0 Å². The summed E-state index contributed by atoms with van der Waals surface area (Å²) in [6, 6.07) is 6.48. The molecule has 1 saturated heterocycles. The Hall–Kier alpha value is -1.13. The van der Waals surface area contributed by atoms with Gasteiger partial charge in [0, 0.05) is 25.2 Å². The van der Waals surface area contributed by atoms with Gasteiger partial charge in [0.05, 0.1) is 5.69 Å². The summed E-state index contributed by atoms with van der Waals surface area (Å²) in [5.41, 5.74) is 1.76. The minimum Gasteiger partial charge on any atom is -0.369 e. The van der Waals surface area contributed by atoms with Gasteiger partial charge in [-0.05, 0) is 58.1 Å². The molecule has 1 aliphatic heterocycles. The third-order valence-electron chi connectivity index (χ3n) is 4.52. The molecule has 0 aromatic heterocycles. The summed E-state index contributed by atoms with van der Waals surface area (Å²) in [6.45, 7) is 6.89. The summed E-state index contributed by atoms with van der Waals surface area (Å²) in [6.07, 6.45) is 2.20. The molecule has 0 saturated carbocycles. The predicted octanol–water partition coefficient (Wildman–Crippen LogP) is 3.03. The molecule has 1 aromatic rings. The Balaban J connectivity index is 2.05. The molecule has 0 amide bonds. The van der Waals surface area contributed by atoms with E-state index in [0.717, 1.165) is 43.7 Å². The number of hydrogen-bond acceptors (Lipinski definition) is 3. The van der Waals surface area contributed by atoms with Gasteiger partial charge >= 0.3 is 0 Å². The fraction of sp³-hybridized carbons (Fsp3) is 0.647. The second kappa shape index (κ2) is 7.23. The molecule has 0 aliphatic carbocycles. The molecule has 1 aliphatic rings. The van der Waals surface area contributed by atoms with Gasteiger partial charge in [-0.15, -0.1) is 0 Å². The van der Waals surface area contributed by atoms with E-state index in [-0.39, 0.29) is 11.9 Å². The quantitative estimate of drug-likeness (QED) is 0.900. The van der Waals surface area contributed by atoms with Crippen molar-refractivity contribution in [1.82, 2.24) is 10.2 Å². The standard InChI is InChI=1S/C17H28FN3/c1-5-19-13(2)14-6-7-17(16(18)12-14)21-10-8-15(9-11-21)20(3)4/h6-7,12-13,15,19H,5,8-11H2,1-4H3. The van der Waals surface area contributed by atoms with E-state index in [2.05, 4.69) is 43.1 Å². The fourth-order valence-electron chi connectivity index (χ4n) is 3.10. The molecule has 3 nitrogen and oxygen atoms in total. The Morgan fingerprint density at radius 3 is 2.52 bits per heavy atom. The van der Waals surface area contributed by atoms with Gasteiger partial charge in [0.1, 0.15) is 5.82 Å². The molecule has 1 aromatic carbocycles. The van der Waals surface area contributed by atoms with Crippen molar-refractivity contribution in [2.45, 2.75) is 38.8 Å². The Kier molecular flexibility index (Phi) is 5.59. The molecule has 1 atom stereocenters. The van der Waals surface area contributed by atoms with Gasteiger partial charge in [-0.2, -0.15) is 0 Å². The zero-order valence-electron chi connectivity index (χ0n) is 13.7. The van der Waals surface area contributed by atoms with Gasteiger partial charge < -0.3 is 15.1 Å². The second-order valence-electron chi connectivity index (χ2n) is 6.17. The Morgan fingerprint density at radius 1 is 1.33 bits per heavy atom. The van der Waals surface area contributed by atoms with Gasteiger partial charge in [0.15, 0.2) is 0 Å². The van der Waals surface area contributed by atoms with Crippen molar-refractivity contribution in [2.75, 3.05) is 38.6 Å². The molecule has 4 heteroatoms. The number of nitrogens with zero attached hydrogens (tertiary/aromatic N) is 2. The third-order valence-corrected chi connectivity index (χ3v) is 4.52. The van der Waals surface area contributed by atoms with Crippen LogP contribution >= 0.6 is 0 Å². The van der Waals surface area contributed by atoms with Crippen LogP contribution in [0.25, 0.3) is 0 Å². The maximum atomic E-state index is 14.4. The number of benzene rings is 1. The highest BCUT2D eigenvalue weighted by Gasteiger charge is 2.22. The van der Waals surface area contributed by atoms with Crippen LogP contribution in [0.4, 0.5) is 10.1 Å². The van der Waals surface area contributed by atoms with Crippen molar-refractivity contribution in [3.63, 3.8) is 0 Å². The average molecular weight is 293 g/mol.